The molecule has 0 atom stereocenters. The Morgan fingerprint density at radius 3 is 2.07 bits per heavy atom. The smallest absolute Gasteiger partial charge is 0.255 e. The van der Waals surface area contributed by atoms with Crippen LogP contribution in [0.5, 0.6) is 5.75 Å². The highest BCUT2D eigenvalue weighted by atomic mass is 16.5. The van der Waals surface area contributed by atoms with Crippen LogP contribution in [0.3, 0.4) is 0 Å². The van der Waals surface area contributed by atoms with Gasteiger partial charge in [-0.15, -0.1) is 0 Å². The van der Waals surface area contributed by atoms with Crippen molar-refractivity contribution in [2.75, 3.05) is 26.7 Å². The van der Waals surface area contributed by atoms with E-state index in [-0.39, 0.29) is 6.61 Å². The number of primary amides is 1. The van der Waals surface area contributed by atoms with E-state index in [1.54, 1.807) is 7.05 Å². The molecule has 0 aliphatic rings. The van der Waals surface area contributed by atoms with Crippen LogP contribution in [0.2, 0.25) is 0 Å². The number of hydrogen-bond acceptors (Lipinski definition) is 3. The number of nitrogens with one attached hydrogen (secondary N) is 2. The molecule has 2 aromatic rings. The fourth-order valence-corrected chi connectivity index (χ4v) is 2.99. The van der Waals surface area contributed by atoms with Gasteiger partial charge in [0, 0.05) is 20.1 Å². The molecular formula is C22H30N4O2. The first-order chi connectivity index (χ1) is 13.5. The second kappa shape index (κ2) is 11.0. The first-order valence-corrected chi connectivity index (χ1v) is 9.48. The highest BCUT2D eigenvalue weighted by molar-refractivity contribution is 5.79. The molecule has 0 aromatic heterocycles. The van der Waals surface area contributed by atoms with Crippen LogP contribution in [-0.2, 0) is 17.6 Å². The molecule has 150 valence electrons. The van der Waals surface area contributed by atoms with Crippen molar-refractivity contribution in [3.63, 3.8) is 0 Å². The van der Waals surface area contributed by atoms with Crippen LogP contribution in [0.15, 0.2) is 47.5 Å². The minimum atomic E-state index is -0.482. The van der Waals surface area contributed by atoms with Crippen LogP contribution in [0.4, 0.5) is 0 Å². The van der Waals surface area contributed by atoms with Gasteiger partial charge in [-0.05, 0) is 49.9 Å². The van der Waals surface area contributed by atoms with Gasteiger partial charge in [0.1, 0.15) is 5.75 Å². The fourth-order valence-electron chi connectivity index (χ4n) is 2.99. The largest absolute Gasteiger partial charge is 0.484 e. The number of nitrogens with two attached hydrogens (primary N) is 1. The van der Waals surface area contributed by atoms with Crippen LogP contribution in [0.25, 0.3) is 0 Å². The number of amides is 1. The summed E-state index contributed by atoms with van der Waals surface area (Å²) in [5.41, 5.74) is 10.2. The van der Waals surface area contributed by atoms with Gasteiger partial charge < -0.3 is 21.1 Å². The molecule has 28 heavy (non-hydrogen) atoms. The Morgan fingerprint density at radius 2 is 1.54 bits per heavy atom. The molecule has 0 heterocycles. The number of carbonyl (C=O) groups excluding carboxylic acids is 1. The van der Waals surface area contributed by atoms with Crippen molar-refractivity contribution >= 4 is 11.9 Å². The number of hydrogen-bond donors (Lipinski definition) is 3. The standard InChI is InChI=1S/C22H30N4O2/c1-16-12-17(2)14-19(13-16)9-11-26-22(24-3)25-10-8-18-4-6-20(7-5-18)28-15-21(23)27/h4-7,12-14H,8-11,15H2,1-3H3,(H2,23,27)(H2,24,25,26). The second-order valence-electron chi connectivity index (χ2n) is 6.82. The molecule has 0 saturated carbocycles. The van der Waals surface area contributed by atoms with E-state index in [4.69, 9.17) is 10.5 Å². The molecule has 1 amide bonds. The summed E-state index contributed by atoms with van der Waals surface area (Å²) in [5, 5.41) is 6.68. The van der Waals surface area contributed by atoms with Crippen molar-refractivity contribution in [3.8, 4) is 5.75 Å². The zero-order valence-corrected chi connectivity index (χ0v) is 16.9. The van der Waals surface area contributed by atoms with Crippen LogP contribution >= 0.6 is 0 Å². The Balaban J connectivity index is 1.71. The van der Waals surface area contributed by atoms with Crippen molar-refractivity contribution in [2.24, 2.45) is 10.7 Å². The number of guanidine groups is 1. The van der Waals surface area contributed by atoms with Gasteiger partial charge in [0.15, 0.2) is 12.6 Å². The number of nitrogens with zero attached hydrogens (tertiary/aromatic N) is 1. The van der Waals surface area contributed by atoms with Crippen LogP contribution < -0.4 is 21.1 Å². The summed E-state index contributed by atoms with van der Waals surface area (Å²) in [6.45, 7) is 5.74. The quantitative estimate of drug-likeness (QED) is 0.458. The Bertz CT molecular complexity index is 780. The summed E-state index contributed by atoms with van der Waals surface area (Å²) in [4.78, 5) is 15.0. The van der Waals surface area contributed by atoms with E-state index in [0.29, 0.717) is 5.75 Å². The minimum Gasteiger partial charge on any atom is -0.484 e. The number of rotatable bonds is 9. The summed E-state index contributed by atoms with van der Waals surface area (Å²) in [5.74, 6) is 0.954. The number of aliphatic imine (C=N–C) groups is 1. The van der Waals surface area contributed by atoms with E-state index in [9.17, 15) is 4.79 Å². The molecule has 0 spiro atoms. The van der Waals surface area contributed by atoms with Crippen LogP contribution in [0.1, 0.15) is 22.3 Å². The van der Waals surface area contributed by atoms with Gasteiger partial charge in [-0.3, -0.25) is 9.79 Å². The summed E-state index contributed by atoms with van der Waals surface area (Å²) in [6, 6.07) is 14.3. The maximum Gasteiger partial charge on any atom is 0.255 e. The van der Waals surface area contributed by atoms with Crippen molar-refractivity contribution in [2.45, 2.75) is 26.7 Å². The lowest BCUT2D eigenvalue weighted by atomic mass is 10.1. The third-order valence-electron chi connectivity index (χ3n) is 4.22. The molecule has 0 fully saturated rings. The first kappa shape index (κ1) is 21.3. The second-order valence-corrected chi connectivity index (χ2v) is 6.82. The van der Waals surface area contributed by atoms with Gasteiger partial charge in [-0.2, -0.15) is 0 Å². The van der Waals surface area contributed by atoms with Crippen molar-refractivity contribution < 1.29 is 9.53 Å². The molecule has 6 nitrogen and oxygen atoms in total. The SMILES string of the molecule is CN=C(NCCc1ccc(OCC(N)=O)cc1)NCCc1cc(C)cc(C)c1. The topological polar surface area (TPSA) is 88.7 Å². The summed E-state index contributed by atoms with van der Waals surface area (Å²) in [7, 11) is 1.77. The van der Waals surface area contributed by atoms with Crippen LogP contribution in [-0.4, -0.2) is 38.6 Å². The maximum absolute atomic E-state index is 10.7. The average molecular weight is 383 g/mol. The van der Waals surface area contributed by atoms with Crippen molar-refractivity contribution in [3.05, 3.63) is 64.7 Å². The van der Waals surface area contributed by atoms with E-state index >= 15 is 0 Å². The van der Waals surface area contributed by atoms with Gasteiger partial charge in [0.2, 0.25) is 0 Å². The summed E-state index contributed by atoms with van der Waals surface area (Å²) >= 11 is 0. The molecule has 2 rings (SSSR count). The predicted molar refractivity (Wildman–Crippen MR) is 114 cm³/mol. The summed E-state index contributed by atoms with van der Waals surface area (Å²) < 4.78 is 5.26. The maximum atomic E-state index is 10.7. The van der Waals surface area contributed by atoms with Gasteiger partial charge in [0.25, 0.3) is 5.91 Å². The van der Waals surface area contributed by atoms with E-state index in [2.05, 4.69) is 47.7 Å². The molecule has 0 aliphatic heterocycles. The van der Waals surface area contributed by atoms with E-state index < -0.39 is 5.91 Å². The zero-order valence-electron chi connectivity index (χ0n) is 16.9. The predicted octanol–water partition coefficient (Wildman–Crippen LogP) is 2.12. The lowest BCUT2D eigenvalue weighted by Gasteiger charge is -2.12. The number of carbonyl (C=O) groups is 1. The third-order valence-corrected chi connectivity index (χ3v) is 4.22. The third kappa shape index (κ3) is 7.70. The van der Waals surface area contributed by atoms with E-state index in [1.807, 2.05) is 24.3 Å². The first-order valence-electron chi connectivity index (χ1n) is 9.48. The summed E-state index contributed by atoms with van der Waals surface area (Å²) in [6.07, 6.45) is 1.81. The van der Waals surface area contributed by atoms with Gasteiger partial charge in [-0.1, -0.05) is 41.5 Å². The Morgan fingerprint density at radius 1 is 0.964 bits per heavy atom. The molecular weight excluding hydrogens is 352 g/mol. The lowest BCUT2D eigenvalue weighted by molar-refractivity contribution is -0.119. The molecule has 0 aliphatic carbocycles. The molecule has 6 heteroatoms. The van der Waals surface area contributed by atoms with Crippen LogP contribution in [0, 0.1) is 13.8 Å². The zero-order chi connectivity index (χ0) is 20.4. The van der Waals surface area contributed by atoms with Gasteiger partial charge in [-0.25, -0.2) is 0 Å². The van der Waals surface area contributed by atoms with Crippen molar-refractivity contribution in [1.29, 1.82) is 0 Å². The van der Waals surface area contributed by atoms with E-state index in [1.165, 1.54) is 22.3 Å². The van der Waals surface area contributed by atoms with Gasteiger partial charge in [0.05, 0.1) is 0 Å². The molecule has 4 N–H and O–H groups in total. The Hall–Kier alpha value is -3.02. The Kier molecular flexibility index (Phi) is 8.34. The lowest BCUT2D eigenvalue weighted by Crippen LogP contribution is -2.39. The molecule has 2 aromatic carbocycles. The monoisotopic (exact) mass is 382 g/mol. The fraction of sp³-hybridized carbons (Fsp3) is 0.364. The Labute approximate surface area is 167 Å². The minimum absolute atomic E-state index is 0.106. The number of ether oxygens (including phenoxy) is 1. The number of benzene rings is 2. The molecule has 0 radical (unpaired) electrons. The normalized spacial score (nSPS) is 11.2. The van der Waals surface area contributed by atoms with Gasteiger partial charge >= 0.3 is 0 Å². The molecule has 0 saturated heterocycles. The highest BCUT2D eigenvalue weighted by Crippen LogP contribution is 2.12. The number of aryl methyl sites for hydroxylation is 2. The highest BCUT2D eigenvalue weighted by Gasteiger charge is 2.01. The van der Waals surface area contributed by atoms with Crippen molar-refractivity contribution in [1.82, 2.24) is 10.6 Å². The van der Waals surface area contributed by atoms with E-state index in [0.717, 1.165) is 31.9 Å². The average Bonchev–Trinajstić information content (AvgIpc) is 2.65. The molecule has 0 unspecified atom stereocenters. The molecule has 0 bridgehead atoms.